The van der Waals surface area contributed by atoms with E-state index in [2.05, 4.69) is 12.2 Å². The second-order valence-electron chi connectivity index (χ2n) is 24.6. The van der Waals surface area contributed by atoms with Crippen LogP contribution in [0.5, 0.6) is 0 Å². The summed E-state index contributed by atoms with van der Waals surface area (Å²) < 4.78 is 0. The van der Waals surface area contributed by atoms with Crippen LogP contribution in [0.4, 0.5) is 0 Å². The van der Waals surface area contributed by atoms with Crippen LogP contribution >= 0.6 is 0 Å². The monoisotopic (exact) mass is 790 g/mol. The molecule has 1 N–H and O–H groups in total. The fraction of sp³-hybridized carbons (Fsp3) is 0.0625. The van der Waals surface area contributed by atoms with E-state index in [1.165, 1.54) is 0 Å². The molecule has 0 bridgehead atoms. The largest absolute Gasteiger partial charge is 0.389 e. The number of aliphatic hydroxyl groups excluding tert-OH is 1. The molecule has 5 aliphatic carbocycles. The average Bonchev–Trinajstić information content (AvgIpc) is 4.16. The van der Waals surface area contributed by atoms with Gasteiger partial charge in [-0.1, -0.05) is 12.2 Å². The smallest absolute Gasteiger partial charge is 0.0733 e. The number of allylic oxidation sites excluding steroid dienone is 1. The summed E-state index contributed by atoms with van der Waals surface area (Å²) in [5.74, 6) is 0. The Morgan fingerprint density at radius 2 is 0.385 bits per heavy atom. The molecule has 0 aliphatic heterocycles. The first kappa shape index (κ1) is 23.2. The van der Waals surface area contributed by atoms with Crippen LogP contribution in [-0.2, 0) is 10.8 Å². The lowest BCUT2D eigenvalue weighted by atomic mass is 9.45. The third-order valence-corrected chi connectivity index (χ3v) is 24.6. The standard InChI is InChI=1S/C64H6O/c65-4-1-2-63-59-51-43-33-23-15-7-5-6-9-13-11(7)19-27-21(13)31-25-17(9)18-10(6)14-12-8(5)16(15)24-30-20(12)28-22(14)32-26(18)36-35(25)45-39(31)49-41(27)47(37(43)29(19)23)53(59)55(49)61-57(45)58-46(36)40(32)50-42(28)48-38(30)44(34(24)33)52(51)60(63)54(48)56(50)62(58)64(61,63)3-4/h1-2,4,65H,3H2. The van der Waals surface area contributed by atoms with Crippen molar-refractivity contribution in [3.05, 3.63) is 34.4 Å². The minimum absolute atomic E-state index is 0.377. The zero-order chi connectivity index (χ0) is 38.2. The first-order valence-electron chi connectivity index (χ1n) is 24.5. The lowest BCUT2D eigenvalue weighted by Gasteiger charge is -2.55. The molecular formula is C64H6O. The molecule has 0 aromatic heterocycles. The number of rotatable bonds is 0. The normalized spacial score (nSPS) is 24.5. The van der Waals surface area contributed by atoms with Crippen molar-refractivity contribution in [2.45, 2.75) is 23.4 Å². The summed E-state index contributed by atoms with van der Waals surface area (Å²) in [7, 11) is 0. The van der Waals surface area contributed by atoms with Gasteiger partial charge in [-0.15, -0.1) is 0 Å². The Hall–Kier alpha value is -7.84. The summed E-state index contributed by atoms with van der Waals surface area (Å²) in [6.07, 6.45) is 5.26. The van der Waals surface area contributed by atoms with E-state index < -0.39 is 6.10 Å². The van der Waals surface area contributed by atoms with Crippen LogP contribution in [0.25, 0.3) is 291 Å². The Kier molecular flexibility index (Phi) is 1.80. The Morgan fingerprint density at radius 3 is 0.569 bits per heavy atom. The maximum absolute atomic E-state index is 12.7. The van der Waals surface area contributed by atoms with Crippen molar-refractivity contribution in [3.63, 3.8) is 0 Å². The van der Waals surface area contributed by atoms with Gasteiger partial charge in [-0.2, -0.15) is 0 Å². The maximum atomic E-state index is 12.7. The molecule has 0 heterocycles. The quantitative estimate of drug-likeness (QED) is 0.120. The predicted octanol–water partition coefficient (Wildman–Crippen LogP) is 16.6. The van der Waals surface area contributed by atoms with Gasteiger partial charge in [0.05, 0.1) is 11.5 Å². The first-order valence-corrected chi connectivity index (χ1v) is 24.5. The Balaban J connectivity index is 1.28. The first-order chi connectivity index (χ1) is 32.3. The molecule has 1 atom stereocenters. The second-order valence-corrected chi connectivity index (χ2v) is 24.6. The molecule has 1 unspecified atom stereocenters. The van der Waals surface area contributed by atoms with Gasteiger partial charge in [0.1, 0.15) is 0 Å². The van der Waals surface area contributed by atoms with Crippen molar-refractivity contribution in [3.8, 4) is 0 Å². The molecule has 1 nitrogen and oxygen atoms in total. The van der Waals surface area contributed by atoms with E-state index in [1.54, 1.807) is 313 Å². The minimum Gasteiger partial charge on any atom is -0.389 e. The van der Waals surface area contributed by atoms with Crippen molar-refractivity contribution in [1.82, 2.24) is 0 Å². The molecule has 0 radical (unpaired) electrons. The topological polar surface area (TPSA) is 20.2 Å². The van der Waals surface area contributed by atoms with Gasteiger partial charge in [0.2, 0.25) is 0 Å². The molecule has 5 aliphatic rings. The van der Waals surface area contributed by atoms with Gasteiger partial charge >= 0.3 is 0 Å². The maximum Gasteiger partial charge on any atom is 0.0733 e. The third-order valence-electron chi connectivity index (χ3n) is 24.6. The molecule has 28 aromatic rings. The van der Waals surface area contributed by atoms with Crippen molar-refractivity contribution in [2.75, 3.05) is 0 Å². The van der Waals surface area contributed by atoms with Crippen LogP contribution in [-0.4, -0.2) is 11.2 Å². The van der Waals surface area contributed by atoms with Crippen LogP contribution in [0.1, 0.15) is 28.7 Å². The van der Waals surface area contributed by atoms with Crippen molar-refractivity contribution in [1.29, 1.82) is 0 Å². The molecule has 33 rings (SSSR count). The van der Waals surface area contributed by atoms with Gasteiger partial charge in [-0.25, -0.2) is 0 Å². The van der Waals surface area contributed by atoms with E-state index in [4.69, 9.17) is 0 Å². The number of hydrogen-bond donors (Lipinski definition) is 1. The van der Waals surface area contributed by atoms with Gasteiger partial charge < -0.3 is 5.11 Å². The van der Waals surface area contributed by atoms with E-state index in [0.29, 0.717) is 0 Å². The highest BCUT2D eigenvalue weighted by Crippen LogP contribution is 2.85. The highest BCUT2D eigenvalue weighted by Gasteiger charge is 2.70. The summed E-state index contributed by atoms with van der Waals surface area (Å²) in [6, 6.07) is 0. The van der Waals surface area contributed by atoms with Gasteiger partial charge in [0, 0.05) is 5.41 Å². The molecule has 0 amide bonds. The molecular weight excluding hydrogens is 785 g/mol. The van der Waals surface area contributed by atoms with Crippen molar-refractivity contribution >= 4 is 291 Å². The lowest BCUT2D eigenvalue weighted by Crippen LogP contribution is -2.54. The Bertz CT molecular complexity index is 6850. The summed E-state index contributed by atoms with van der Waals surface area (Å²) in [6.45, 7) is 0. The van der Waals surface area contributed by atoms with Crippen molar-refractivity contribution < 1.29 is 5.11 Å². The summed E-state index contributed by atoms with van der Waals surface area (Å²) in [5, 5.41) is 101. The Morgan fingerprint density at radius 1 is 0.231 bits per heavy atom. The van der Waals surface area contributed by atoms with Crippen LogP contribution in [0, 0.1) is 0 Å². The minimum atomic E-state index is -0.496. The van der Waals surface area contributed by atoms with Crippen molar-refractivity contribution in [2.24, 2.45) is 0 Å². The molecule has 2 spiro atoms. The molecule has 28 aromatic carbocycles. The molecule has 0 saturated carbocycles. The van der Waals surface area contributed by atoms with E-state index in [-0.39, 0.29) is 10.8 Å². The van der Waals surface area contributed by atoms with E-state index in [1.807, 2.05) is 0 Å². The van der Waals surface area contributed by atoms with Gasteiger partial charge in [-0.05, 0) is 320 Å². The highest BCUT2D eigenvalue weighted by atomic mass is 16.3. The van der Waals surface area contributed by atoms with Crippen LogP contribution in [0.3, 0.4) is 0 Å². The highest BCUT2D eigenvalue weighted by molar-refractivity contribution is 6.82. The summed E-state index contributed by atoms with van der Waals surface area (Å²) in [4.78, 5) is 0. The van der Waals surface area contributed by atoms with E-state index in [9.17, 15) is 5.11 Å². The molecule has 65 heavy (non-hydrogen) atoms. The molecule has 268 valence electrons. The fourth-order valence-electron chi connectivity index (χ4n) is 24.8. The molecule has 1 heteroatoms. The third kappa shape index (κ3) is 1.16. The molecule has 0 fully saturated rings. The summed E-state index contributed by atoms with van der Waals surface area (Å²) in [5.41, 5.74) is 5.86. The molecule has 0 saturated heterocycles. The number of aliphatic hydroxyl groups is 1. The van der Waals surface area contributed by atoms with Crippen LogP contribution < -0.4 is 0 Å². The second kappa shape index (κ2) is 5.04. The van der Waals surface area contributed by atoms with E-state index >= 15 is 0 Å². The van der Waals surface area contributed by atoms with E-state index in [0.717, 1.165) is 6.42 Å². The summed E-state index contributed by atoms with van der Waals surface area (Å²) >= 11 is 0. The SMILES string of the molecule is OC1C=CC23c4c5c6c7c8c9c(c%10c%11c2c2c4c4c%12c5c5c6c6c8c8c%13c9c9c%10c%10c%11c%11c2c2c4c4c%12c%12c5c5c6c8c6c8c%13c9c9c%10c%10c%11c2c2c4c4c%12c5c6c5c8c9c%10c2c45)C73C1. The predicted molar refractivity (Wildman–Crippen MR) is 274 cm³/mol. The Labute approximate surface area is 352 Å². The fourth-order valence-corrected chi connectivity index (χ4v) is 24.8. The van der Waals surface area contributed by atoms with Gasteiger partial charge in [-0.3, -0.25) is 0 Å². The zero-order valence-electron chi connectivity index (χ0n) is 32.9. The van der Waals surface area contributed by atoms with Gasteiger partial charge in [0.25, 0.3) is 0 Å². The number of hydrogen-bond acceptors (Lipinski definition) is 1. The lowest BCUT2D eigenvalue weighted by molar-refractivity contribution is 0.155. The average molecular weight is 791 g/mol. The van der Waals surface area contributed by atoms with Crippen LogP contribution in [0.2, 0.25) is 0 Å². The number of benzene rings is 18. The van der Waals surface area contributed by atoms with Gasteiger partial charge in [0.15, 0.2) is 0 Å². The zero-order valence-corrected chi connectivity index (χ0v) is 32.9. The van der Waals surface area contributed by atoms with Crippen LogP contribution in [0.15, 0.2) is 12.2 Å².